The Morgan fingerprint density at radius 2 is 0.875 bits per heavy atom. The number of hydrogen-bond donors (Lipinski definition) is 0. The maximum atomic E-state index is 12.4. The van der Waals surface area contributed by atoms with Crippen molar-refractivity contribution in [3.05, 3.63) is 35.4 Å². The fraction of sp³-hybridized carbons (Fsp3) is 0.250. The van der Waals surface area contributed by atoms with Crippen LogP contribution in [0.25, 0.3) is 0 Å². The van der Waals surface area contributed by atoms with Crippen molar-refractivity contribution in [3.63, 3.8) is 0 Å². The summed E-state index contributed by atoms with van der Waals surface area (Å²) in [6.07, 6.45) is 0. The van der Waals surface area contributed by atoms with Gasteiger partial charge in [-0.25, -0.2) is 0 Å². The normalized spacial score (nSPS) is 11.4. The Labute approximate surface area is 112 Å². The van der Waals surface area contributed by atoms with Crippen LogP contribution >= 0.6 is 48.0 Å². The van der Waals surface area contributed by atoms with E-state index in [0.29, 0.717) is 0 Å². The minimum absolute atomic E-state index is 0. The topological polar surface area (TPSA) is 0 Å². The van der Waals surface area contributed by atoms with Crippen LogP contribution in [0.5, 0.6) is 0 Å². The second-order valence-corrected chi connectivity index (χ2v) is 3.52. The molecule has 0 bridgehead atoms. The van der Waals surface area contributed by atoms with E-state index in [9.17, 15) is 17.6 Å². The highest BCUT2D eigenvalue weighted by Gasteiger charge is 2.31. The summed E-state index contributed by atoms with van der Waals surface area (Å²) < 4.78 is 49.7. The van der Waals surface area contributed by atoms with E-state index in [1.807, 2.05) is 0 Å². The Balaban J connectivity index is 0. The fourth-order valence-corrected chi connectivity index (χ4v) is 1.10. The third-order valence-electron chi connectivity index (χ3n) is 1.54. The van der Waals surface area contributed by atoms with Gasteiger partial charge in [-0.15, -0.1) is 24.8 Å². The minimum Gasteiger partial charge on any atom is -0.183 e. The Bertz CT molecular complexity index is 281. The van der Waals surface area contributed by atoms with E-state index < -0.39 is 21.9 Å². The molecule has 0 unspecified atom stereocenters. The summed E-state index contributed by atoms with van der Waals surface area (Å²) in [5, 5.41) is -7.11. The smallest absolute Gasteiger partial charge is 0.183 e. The fourth-order valence-electron chi connectivity index (χ4n) is 0.848. The molecule has 0 fully saturated rings. The lowest BCUT2D eigenvalue weighted by Gasteiger charge is -2.11. The molecule has 0 spiro atoms. The first-order valence-corrected chi connectivity index (χ1v) is 4.21. The van der Waals surface area contributed by atoms with Gasteiger partial charge in [0.05, 0.1) is 0 Å². The van der Waals surface area contributed by atoms with Gasteiger partial charge in [-0.3, -0.25) is 0 Å². The highest BCUT2D eigenvalue weighted by atomic mass is 35.5. The first kappa shape index (κ1) is 18.5. The van der Waals surface area contributed by atoms with Crippen molar-refractivity contribution in [2.45, 2.75) is 10.8 Å². The van der Waals surface area contributed by atoms with Crippen LogP contribution in [0, 0.1) is 0 Å². The van der Waals surface area contributed by atoms with Gasteiger partial charge in [-0.2, -0.15) is 17.6 Å². The molecule has 0 amide bonds. The van der Waals surface area contributed by atoms with Crippen molar-refractivity contribution >= 4 is 48.0 Å². The van der Waals surface area contributed by atoms with Crippen LogP contribution in [0.3, 0.4) is 0 Å². The molecule has 0 saturated heterocycles. The summed E-state index contributed by atoms with van der Waals surface area (Å²) in [4.78, 5) is 0. The van der Waals surface area contributed by atoms with Gasteiger partial charge in [0.25, 0.3) is 0 Å². The van der Waals surface area contributed by atoms with Crippen LogP contribution in [-0.4, -0.2) is 0 Å². The lowest BCUT2D eigenvalue weighted by atomic mass is 10.1. The maximum Gasteiger partial charge on any atom is 0.348 e. The number of benzene rings is 1. The number of hydrogen-bond acceptors (Lipinski definition) is 0. The van der Waals surface area contributed by atoms with Crippen molar-refractivity contribution in [1.82, 2.24) is 0 Å². The molecule has 8 heteroatoms. The molecule has 0 heterocycles. The molecule has 1 aromatic rings. The van der Waals surface area contributed by atoms with E-state index in [1.54, 1.807) is 0 Å². The molecule has 0 aromatic heterocycles. The SMILES string of the molecule is Cl.Cl.FC(F)(Cl)c1ccc(C(F)(F)Cl)cc1. The number of halogens is 8. The molecule has 0 aliphatic rings. The molecule has 0 N–H and O–H groups in total. The molecule has 0 aliphatic heterocycles. The standard InChI is InChI=1S/C8H4Cl2F4.2ClH/c9-7(11,12)5-1-2-6(4-3-5)8(10,13)14;;/h1-4H;2*1H. The zero-order valence-corrected chi connectivity index (χ0v) is 10.5. The highest BCUT2D eigenvalue weighted by molar-refractivity contribution is 6.22. The van der Waals surface area contributed by atoms with Crippen molar-refractivity contribution in [2.24, 2.45) is 0 Å². The van der Waals surface area contributed by atoms with Gasteiger partial charge in [0.15, 0.2) is 0 Å². The largest absolute Gasteiger partial charge is 0.348 e. The Morgan fingerprint density at radius 3 is 1.00 bits per heavy atom. The molecule has 94 valence electrons. The average molecular weight is 320 g/mol. The van der Waals surface area contributed by atoms with Gasteiger partial charge in [0.1, 0.15) is 0 Å². The van der Waals surface area contributed by atoms with Crippen molar-refractivity contribution in [1.29, 1.82) is 0 Å². The van der Waals surface area contributed by atoms with E-state index in [-0.39, 0.29) is 24.8 Å². The van der Waals surface area contributed by atoms with Gasteiger partial charge >= 0.3 is 10.8 Å². The summed E-state index contributed by atoms with van der Waals surface area (Å²) >= 11 is 9.34. The van der Waals surface area contributed by atoms with Crippen molar-refractivity contribution in [2.75, 3.05) is 0 Å². The van der Waals surface area contributed by atoms with Crippen LogP contribution in [0.15, 0.2) is 24.3 Å². The second kappa shape index (κ2) is 6.15. The average Bonchev–Trinajstić information content (AvgIpc) is 2.01. The summed E-state index contributed by atoms with van der Waals surface area (Å²) in [5.41, 5.74) is -1.10. The highest BCUT2D eigenvalue weighted by Crippen LogP contribution is 2.36. The first-order chi connectivity index (χ1) is 6.21. The molecule has 0 aliphatic carbocycles. The summed E-state index contributed by atoms with van der Waals surface area (Å²) in [6, 6.07) is 3.22. The predicted molar refractivity (Wildman–Crippen MR) is 60.4 cm³/mol. The molecule has 0 nitrogen and oxygen atoms in total. The Morgan fingerprint density at radius 1 is 0.688 bits per heavy atom. The van der Waals surface area contributed by atoms with E-state index in [2.05, 4.69) is 23.2 Å². The van der Waals surface area contributed by atoms with Crippen LogP contribution in [0.1, 0.15) is 11.1 Å². The first-order valence-electron chi connectivity index (χ1n) is 3.46. The molecule has 16 heavy (non-hydrogen) atoms. The van der Waals surface area contributed by atoms with Crippen LogP contribution < -0.4 is 0 Å². The zero-order valence-electron chi connectivity index (χ0n) is 7.39. The summed E-state index contributed by atoms with van der Waals surface area (Å²) in [6.45, 7) is 0. The van der Waals surface area contributed by atoms with Crippen molar-refractivity contribution in [3.8, 4) is 0 Å². The van der Waals surface area contributed by atoms with Gasteiger partial charge in [0.2, 0.25) is 0 Å². The van der Waals surface area contributed by atoms with E-state index in [0.717, 1.165) is 24.3 Å². The third kappa shape index (κ3) is 4.95. The molecule has 0 atom stereocenters. The summed E-state index contributed by atoms with van der Waals surface area (Å²) in [5.74, 6) is 0. The lowest BCUT2D eigenvalue weighted by molar-refractivity contribution is 0.0906. The molecule has 0 radical (unpaired) electrons. The van der Waals surface area contributed by atoms with Gasteiger partial charge in [0, 0.05) is 11.1 Å². The number of alkyl halides is 6. The quantitative estimate of drug-likeness (QED) is 0.525. The number of rotatable bonds is 2. The van der Waals surface area contributed by atoms with E-state index in [1.165, 1.54) is 0 Å². The Hall–Kier alpha value is 0.1000. The zero-order chi connectivity index (χ0) is 11.0. The van der Waals surface area contributed by atoms with Crippen LogP contribution in [-0.2, 0) is 10.8 Å². The van der Waals surface area contributed by atoms with Crippen LogP contribution in [0.2, 0.25) is 0 Å². The van der Waals surface area contributed by atoms with Gasteiger partial charge in [-0.1, -0.05) is 24.3 Å². The maximum absolute atomic E-state index is 12.4. The lowest BCUT2D eigenvalue weighted by Crippen LogP contribution is -2.06. The second-order valence-electron chi connectivity index (χ2n) is 2.57. The predicted octanol–water partition coefficient (Wildman–Crippen LogP) is 5.11. The monoisotopic (exact) mass is 318 g/mol. The van der Waals surface area contributed by atoms with Gasteiger partial charge < -0.3 is 0 Å². The van der Waals surface area contributed by atoms with Gasteiger partial charge in [-0.05, 0) is 23.2 Å². The molecule has 0 saturated carbocycles. The molecular weight excluding hydrogens is 314 g/mol. The Kier molecular flexibility index (Phi) is 7.09. The molecule has 1 rings (SSSR count). The van der Waals surface area contributed by atoms with Crippen LogP contribution in [0.4, 0.5) is 17.6 Å². The molecule has 1 aromatic carbocycles. The third-order valence-corrected chi connectivity index (χ3v) is 1.98. The van der Waals surface area contributed by atoms with E-state index >= 15 is 0 Å². The van der Waals surface area contributed by atoms with Crippen molar-refractivity contribution < 1.29 is 17.6 Å². The summed E-state index contributed by atoms with van der Waals surface area (Å²) in [7, 11) is 0. The van der Waals surface area contributed by atoms with E-state index in [4.69, 9.17) is 0 Å². The minimum atomic E-state index is -3.56. The molecular formula is C8H6Cl4F4.